The fourth-order valence-electron chi connectivity index (χ4n) is 4.33. The molecule has 2 aliphatic rings. The summed E-state index contributed by atoms with van der Waals surface area (Å²) in [6, 6.07) is 7.65. The first-order valence-corrected chi connectivity index (χ1v) is 10.6. The lowest BCUT2D eigenvalue weighted by Crippen LogP contribution is -2.52. The van der Waals surface area contributed by atoms with Crippen LogP contribution in [0.4, 0.5) is 0 Å². The van der Waals surface area contributed by atoms with Crippen molar-refractivity contribution in [3.8, 4) is 0 Å². The van der Waals surface area contributed by atoms with Gasteiger partial charge in [0.2, 0.25) is 10.0 Å². The number of carbonyl (C=O) groups is 1. The smallest absolute Gasteiger partial charge is 0.243 e. The fraction of sp³-hybridized carbons (Fsp3) is 0.632. The molecule has 2 heterocycles. The lowest BCUT2D eigenvalue weighted by atomic mass is 10.0. The van der Waals surface area contributed by atoms with Crippen LogP contribution < -0.4 is 0 Å². The van der Waals surface area contributed by atoms with Gasteiger partial charge in [-0.15, -0.1) is 0 Å². The third kappa shape index (κ3) is 3.66. The number of sulfonamides is 1. The molecule has 6 heteroatoms. The van der Waals surface area contributed by atoms with Gasteiger partial charge in [0.05, 0.1) is 4.90 Å². The summed E-state index contributed by atoms with van der Waals surface area (Å²) in [5.74, 6) is -0.0565. The van der Waals surface area contributed by atoms with Gasteiger partial charge in [0.1, 0.15) is 0 Å². The first-order chi connectivity index (χ1) is 11.8. The van der Waals surface area contributed by atoms with Crippen LogP contribution in [-0.4, -0.2) is 54.6 Å². The van der Waals surface area contributed by atoms with E-state index in [0.29, 0.717) is 36.8 Å². The van der Waals surface area contributed by atoms with Crippen LogP contribution in [0, 0.1) is 0 Å². The van der Waals surface area contributed by atoms with E-state index in [1.54, 1.807) is 28.6 Å². The molecule has 0 bridgehead atoms. The van der Waals surface area contributed by atoms with Crippen molar-refractivity contribution >= 4 is 15.8 Å². The SMILES string of the molecule is CC(=O)c1ccc(S(=O)(=O)N2CCCC(N3C(C)CCC3C)C2)cc1. The molecule has 1 aromatic carbocycles. The van der Waals surface area contributed by atoms with Gasteiger partial charge in [-0.3, -0.25) is 9.69 Å². The number of Topliss-reactive ketones (excluding diaryl/α,β-unsaturated/α-hetero) is 1. The number of piperidine rings is 1. The average molecular weight is 365 g/mol. The third-order valence-electron chi connectivity index (χ3n) is 5.70. The van der Waals surface area contributed by atoms with Crippen LogP contribution in [0.25, 0.3) is 0 Å². The Kier molecular flexibility index (Phi) is 5.32. The highest BCUT2D eigenvalue weighted by molar-refractivity contribution is 7.89. The Morgan fingerprint density at radius 2 is 1.64 bits per heavy atom. The minimum Gasteiger partial charge on any atom is -0.295 e. The van der Waals surface area contributed by atoms with Gasteiger partial charge < -0.3 is 0 Å². The lowest BCUT2D eigenvalue weighted by Gasteiger charge is -2.41. The summed E-state index contributed by atoms with van der Waals surface area (Å²) in [5.41, 5.74) is 0.537. The first-order valence-electron chi connectivity index (χ1n) is 9.19. The number of benzene rings is 1. The normalized spacial score (nSPS) is 29.0. The Labute approximate surface area is 151 Å². The third-order valence-corrected chi connectivity index (χ3v) is 7.58. The van der Waals surface area contributed by atoms with E-state index in [0.717, 1.165) is 12.8 Å². The van der Waals surface area contributed by atoms with Crippen LogP contribution >= 0.6 is 0 Å². The molecule has 5 nitrogen and oxygen atoms in total. The molecule has 138 valence electrons. The molecule has 3 atom stereocenters. The number of ketones is 1. The quantitative estimate of drug-likeness (QED) is 0.771. The van der Waals surface area contributed by atoms with Gasteiger partial charge in [-0.05, 0) is 58.6 Å². The van der Waals surface area contributed by atoms with Crippen molar-refractivity contribution in [3.05, 3.63) is 29.8 Å². The largest absolute Gasteiger partial charge is 0.295 e. The van der Waals surface area contributed by atoms with E-state index < -0.39 is 10.0 Å². The van der Waals surface area contributed by atoms with Crippen LogP contribution in [0.5, 0.6) is 0 Å². The maximum atomic E-state index is 13.0. The Hall–Kier alpha value is -1.24. The second-order valence-corrected chi connectivity index (χ2v) is 9.40. The topological polar surface area (TPSA) is 57.7 Å². The molecule has 2 saturated heterocycles. The number of rotatable bonds is 4. The zero-order valence-electron chi connectivity index (χ0n) is 15.3. The molecule has 25 heavy (non-hydrogen) atoms. The predicted molar refractivity (Wildman–Crippen MR) is 98.2 cm³/mol. The molecule has 2 fully saturated rings. The van der Waals surface area contributed by atoms with Gasteiger partial charge in [0, 0.05) is 36.8 Å². The van der Waals surface area contributed by atoms with E-state index in [2.05, 4.69) is 18.7 Å². The van der Waals surface area contributed by atoms with Gasteiger partial charge in [-0.2, -0.15) is 4.31 Å². The summed E-state index contributed by atoms with van der Waals surface area (Å²) >= 11 is 0. The summed E-state index contributed by atoms with van der Waals surface area (Å²) in [4.78, 5) is 14.2. The van der Waals surface area contributed by atoms with E-state index in [-0.39, 0.29) is 10.7 Å². The molecule has 0 amide bonds. The molecule has 3 unspecified atom stereocenters. The van der Waals surface area contributed by atoms with Gasteiger partial charge in [0.25, 0.3) is 0 Å². The van der Waals surface area contributed by atoms with Gasteiger partial charge >= 0.3 is 0 Å². The maximum absolute atomic E-state index is 13.0. The van der Waals surface area contributed by atoms with Gasteiger partial charge in [0.15, 0.2) is 5.78 Å². The van der Waals surface area contributed by atoms with Crippen LogP contribution in [0.15, 0.2) is 29.2 Å². The van der Waals surface area contributed by atoms with Crippen molar-refractivity contribution in [2.24, 2.45) is 0 Å². The number of hydrogen-bond donors (Lipinski definition) is 0. The Balaban J connectivity index is 1.79. The van der Waals surface area contributed by atoms with Crippen LogP contribution in [0.3, 0.4) is 0 Å². The number of nitrogens with zero attached hydrogens (tertiary/aromatic N) is 2. The van der Waals surface area contributed by atoms with E-state index >= 15 is 0 Å². The molecule has 0 saturated carbocycles. The van der Waals surface area contributed by atoms with Crippen molar-refractivity contribution in [1.29, 1.82) is 0 Å². The Morgan fingerprint density at radius 3 is 2.20 bits per heavy atom. The number of carbonyl (C=O) groups excluding carboxylic acids is 1. The maximum Gasteiger partial charge on any atom is 0.243 e. The summed E-state index contributed by atoms with van der Waals surface area (Å²) < 4.78 is 27.7. The van der Waals surface area contributed by atoms with Crippen molar-refractivity contribution in [3.63, 3.8) is 0 Å². The molecule has 0 N–H and O–H groups in total. The molecular weight excluding hydrogens is 336 g/mol. The second-order valence-electron chi connectivity index (χ2n) is 7.46. The number of hydrogen-bond acceptors (Lipinski definition) is 4. The van der Waals surface area contributed by atoms with Gasteiger partial charge in [-0.25, -0.2) is 8.42 Å². The summed E-state index contributed by atoms with van der Waals surface area (Å²) in [6.45, 7) is 7.11. The van der Waals surface area contributed by atoms with Crippen LogP contribution in [0.1, 0.15) is 56.8 Å². The summed E-state index contributed by atoms with van der Waals surface area (Å²) in [5, 5.41) is 0. The molecule has 3 rings (SSSR count). The highest BCUT2D eigenvalue weighted by atomic mass is 32.2. The predicted octanol–water partition coefficient (Wildman–Crippen LogP) is 2.92. The molecule has 0 radical (unpaired) electrons. The van der Waals surface area contributed by atoms with Crippen molar-refractivity contribution < 1.29 is 13.2 Å². The summed E-state index contributed by atoms with van der Waals surface area (Å²) in [7, 11) is -3.51. The van der Waals surface area contributed by atoms with E-state index in [9.17, 15) is 13.2 Å². The first kappa shape index (κ1) is 18.5. The average Bonchev–Trinajstić information content (AvgIpc) is 2.93. The van der Waals surface area contributed by atoms with Crippen molar-refractivity contribution in [2.75, 3.05) is 13.1 Å². The second kappa shape index (κ2) is 7.17. The molecule has 0 aromatic heterocycles. The number of likely N-dealkylation sites (tertiary alicyclic amines) is 1. The highest BCUT2D eigenvalue weighted by Crippen LogP contribution is 2.31. The van der Waals surface area contributed by atoms with E-state index in [4.69, 9.17) is 0 Å². The molecule has 2 aliphatic heterocycles. The minimum atomic E-state index is -3.51. The zero-order valence-corrected chi connectivity index (χ0v) is 16.1. The summed E-state index contributed by atoms with van der Waals surface area (Å²) in [6.07, 6.45) is 4.34. The Morgan fingerprint density at radius 1 is 1.04 bits per heavy atom. The standard InChI is InChI=1S/C19H28N2O3S/c1-14-6-7-15(2)21(14)18-5-4-12-20(13-18)25(23,24)19-10-8-17(9-11-19)16(3)22/h8-11,14-15,18H,4-7,12-13H2,1-3H3. The van der Waals surface area contributed by atoms with Crippen LogP contribution in [-0.2, 0) is 10.0 Å². The van der Waals surface area contributed by atoms with Crippen LogP contribution in [0.2, 0.25) is 0 Å². The minimum absolute atomic E-state index is 0.0565. The fourth-order valence-corrected chi connectivity index (χ4v) is 5.84. The molecule has 1 aromatic rings. The molecule has 0 aliphatic carbocycles. The zero-order chi connectivity index (χ0) is 18.2. The lowest BCUT2D eigenvalue weighted by molar-refractivity contribution is 0.0979. The van der Waals surface area contributed by atoms with Crippen molar-refractivity contribution in [1.82, 2.24) is 9.21 Å². The van der Waals surface area contributed by atoms with E-state index in [1.165, 1.54) is 19.8 Å². The molecule has 0 spiro atoms. The van der Waals surface area contributed by atoms with E-state index in [1.807, 2.05) is 0 Å². The highest BCUT2D eigenvalue weighted by Gasteiger charge is 2.38. The monoisotopic (exact) mass is 364 g/mol. The van der Waals surface area contributed by atoms with Crippen molar-refractivity contribution in [2.45, 2.75) is 69.5 Å². The molecular formula is C19H28N2O3S. The van der Waals surface area contributed by atoms with Gasteiger partial charge in [-0.1, -0.05) is 12.1 Å². The Bertz CT molecular complexity index is 720.